The highest BCUT2D eigenvalue weighted by Crippen LogP contribution is 2.22. The van der Waals surface area contributed by atoms with Crippen LogP contribution in [0.5, 0.6) is 0 Å². The molecule has 0 spiro atoms. The Bertz CT molecular complexity index is 650. The molecule has 1 aliphatic heterocycles. The highest BCUT2D eigenvalue weighted by atomic mass is 16.4. The molecule has 7 nitrogen and oxygen atoms in total. The highest BCUT2D eigenvalue weighted by molar-refractivity contribution is 6.21. The van der Waals surface area contributed by atoms with E-state index in [0.717, 1.165) is 4.90 Å². The van der Waals surface area contributed by atoms with E-state index in [1.54, 1.807) is 31.2 Å². The normalized spacial score (nSPS) is 15.8. The van der Waals surface area contributed by atoms with Crippen LogP contribution < -0.4 is 5.32 Å². The Hall–Kier alpha value is -2.70. The lowest BCUT2D eigenvalue weighted by Crippen LogP contribution is -2.46. The first kappa shape index (κ1) is 17.7. The van der Waals surface area contributed by atoms with E-state index in [4.69, 9.17) is 0 Å². The van der Waals surface area contributed by atoms with Gasteiger partial charge < -0.3 is 10.4 Å². The van der Waals surface area contributed by atoms with Gasteiger partial charge in [-0.05, 0) is 18.1 Å². The van der Waals surface area contributed by atoms with Gasteiger partial charge in [0.15, 0.2) is 0 Å². The van der Waals surface area contributed by atoms with Gasteiger partial charge in [-0.1, -0.05) is 32.4 Å². The second-order valence-electron chi connectivity index (χ2n) is 5.83. The lowest BCUT2D eigenvalue weighted by Gasteiger charge is -2.21. The smallest absolute Gasteiger partial charge is 0.326 e. The van der Waals surface area contributed by atoms with Crippen molar-refractivity contribution in [3.63, 3.8) is 0 Å². The molecule has 128 valence electrons. The Labute approximate surface area is 139 Å². The molecule has 0 radical (unpaired) electrons. The van der Waals surface area contributed by atoms with Crippen LogP contribution in [0.3, 0.4) is 0 Å². The molecule has 1 heterocycles. The summed E-state index contributed by atoms with van der Waals surface area (Å²) in [6, 6.07) is 5.50. The van der Waals surface area contributed by atoms with Crippen LogP contribution in [0.2, 0.25) is 0 Å². The molecule has 0 aliphatic carbocycles. The van der Waals surface area contributed by atoms with Gasteiger partial charge in [0.05, 0.1) is 11.1 Å². The summed E-state index contributed by atoms with van der Waals surface area (Å²) in [4.78, 5) is 48.6. The Kier molecular flexibility index (Phi) is 5.33. The van der Waals surface area contributed by atoms with Crippen LogP contribution in [-0.2, 0) is 9.59 Å². The number of nitrogens with zero attached hydrogens (tertiary/aromatic N) is 1. The molecule has 7 heteroatoms. The number of carbonyl (C=O) groups is 4. The predicted octanol–water partition coefficient (Wildman–Crippen LogP) is 1.29. The van der Waals surface area contributed by atoms with Gasteiger partial charge in [-0.3, -0.25) is 19.3 Å². The lowest BCUT2D eigenvalue weighted by molar-refractivity contribution is -0.143. The van der Waals surface area contributed by atoms with E-state index < -0.39 is 29.7 Å². The number of rotatable bonds is 7. The molecule has 1 aromatic rings. The van der Waals surface area contributed by atoms with Crippen LogP contribution in [0.15, 0.2) is 24.3 Å². The van der Waals surface area contributed by atoms with E-state index in [-0.39, 0.29) is 18.9 Å². The second kappa shape index (κ2) is 7.25. The summed E-state index contributed by atoms with van der Waals surface area (Å²) in [5.74, 6) is -2.68. The maximum atomic E-state index is 12.2. The molecule has 0 fully saturated rings. The molecule has 0 saturated carbocycles. The van der Waals surface area contributed by atoms with Crippen molar-refractivity contribution in [3.05, 3.63) is 35.4 Å². The number of hydrogen-bond acceptors (Lipinski definition) is 4. The minimum Gasteiger partial charge on any atom is -0.480 e. The lowest BCUT2D eigenvalue weighted by atomic mass is 9.99. The van der Waals surface area contributed by atoms with E-state index in [1.807, 2.05) is 6.92 Å². The van der Waals surface area contributed by atoms with Gasteiger partial charge in [-0.15, -0.1) is 0 Å². The van der Waals surface area contributed by atoms with E-state index in [2.05, 4.69) is 5.32 Å². The van der Waals surface area contributed by atoms with Crippen molar-refractivity contribution < 1.29 is 24.3 Å². The molecular weight excluding hydrogens is 312 g/mol. The summed E-state index contributed by atoms with van der Waals surface area (Å²) < 4.78 is 0. The molecule has 1 aromatic carbocycles. The number of aliphatic carboxylic acids is 1. The highest BCUT2D eigenvalue weighted by Gasteiger charge is 2.35. The topological polar surface area (TPSA) is 104 Å². The third kappa shape index (κ3) is 3.45. The standard InChI is InChI=1S/C17H20N2O5/c1-3-10(2)14(17(23)24)18-13(20)8-9-19-15(21)11-6-4-5-7-12(11)16(19)22/h4-7,10,14H,3,8-9H2,1-2H3,(H,18,20)(H,23,24). The number of fused-ring (bicyclic) bond motifs is 1. The summed E-state index contributed by atoms with van der Waals surface area (Å²) in [7, 11) is 0. The number of amides is 3. The van der Waals surface area contributed by atoms with E-state index in [9.17, 15) is 24.3 Å². The first-order chi connectivity index (χ1) is 11.4. The number of carboxylic acids is 1. The van der Waals surface area contributed by atoms with Crippen molar-refractivity contribution in [2.45, 2.75) is 32.7 Å². The Morgan fingerprint density at radius 3 is 2.17 bits per heavy atom. The van der Waals surface area contributed by atoms with Gasteiger partial charge >= 0.3 is 5.97 Å². The van der Waals surface area contributed by atoms with E-state index >= 15 is 0 Å². The molecule has 24 heavy (non-hydrogen) atoms. The molecule has 0 aromatic heterocycles. The van der Waals surface area contributed by atoms with Crippen LogP contribution in [0, 0.1) is 5.92 Å². The quantitative estimate of drug-likeness (QED) is 0.732. The van der Waals surface area contributed by atoms with Gasteiger partial charge in [-0.2, -0.15) is 0 Å². The molecule has 1 aliphatic rings. The molecule has 0 bridgehead atoms. The molecule has 2 rings (SSSR count). The van der Waals surface area contributed by atoms with Crippen molar-refractivity contribution in [3.8, 4) is 0 Å². The van der Waals surface area contributed by atoms with Crippen LogP contribution in [0.1, 0.15) is 47.4 Å². The van der Waals surface area contributed by atoms with Crippen LogP contribution in [0.4, 0.5) is 0 Å². The van der Waals surface area contributed by atoms with Crippen molar-refractivity contribution in [2.75, 3.05) is 6.54 Å². The number of hydrogen-bond donors (Lipinski definition) is 2. The monoisotopic (exact) mass is 332 g/mol. The zero-order chi connectivity index (χ0) is 17.9. The van der Waals surface area contributed by atoms with Crippen LogP contribution in [-0.4, -0.2) is 46.3 Å². The predicted molar refractivity (Wildman–Crippen MR) is 85.4 cm³/mol. The summed E-state index contributed by atoms with van der Waals surface area (Å²) in [6.45, 7) is 3.50. The molecule has 0 saturated heterocycles. The Morgan fingerprint density at radius 2 is 1.71 bits per heavy atom. The first-order valence-corrected chi connectivity index (χ1v) is 7.84. The molecule has 2 atom stereocenters. The third-order valence-corrected chi connectivity index (χ3v) is 4.24. The van der Waals surface area contributed by atoms with Gasteiger partial charge in [0.25, 0.3) is 11.8 Å². The first-order valence-electron chi connectivity index (χ1n) is 7.84. The summed E-state index contributed by atoms with van der Waals surface area (Å²) in [6.07, 6.45) is 0.474. The van der Waals surface area contributed by atoms with Crippen molar-refractivity contribution in [1.82, 2.24) is 10.2 Å². The maximum Gasteiger partial charge on any atom is 0.326 e. The fraction of sp³-hybridized carbons (Fsp3) is 0.412. The fourth-order valence-electron chi connectivity index (χ4n) is 2.58. The van der Waals surface area contributed by atoms with Gasteiger partial charge in [0.2, 0.25) is 5.91 Å². The molecular formula is C17H20N2O5. The Balaban J connectivity index is 1.97. The molecule has 3 amide bonds. The number of nitrogens with one attached hydrogen (secondary N) is 1. The van der Waals surface area contributed by atoms with Gasteiger partial charge in [0, 0.05) is 13.0 Å². The minimum absolute atomic E-state index is 0.0783. The van der Waals surface area contributed by atoms with Crippen molar-refractivity contribution in [1.29, 1.82) is 0 Å². The van der Waals surface area contributed by atoms with Gasteiger partial charge in [-0.25, -0.2) is 4.79 Å². The second-order valence-corrected chi connectivity index (χ2v) is 5.83. The SMILES string of the molecule is CCC(C)C(NC(=O)CCN1C(=O)c2ccccc2C1=O)C(=O)O. The molecule has 2 N–H and O–H groups in total. The summed E-state index contributed by atoms with van der Waals surface area (Å²) in [5, 5.41) is 11.6. The van der Waals surface area contributed by atoms with Crippen molar-refractivity contribution in [2.24, 2.45) is 5.92 Å². The maximum absolute atomic E-state index is 12.2. The number of imide groups is 1. The number of benzene rings is 1. The molecule has 2 unspecified atom stereocenters. The van der Waals surface area contributed by atoms with E-state index in [1.165, 1.54) is 0 Å². The average Bonchev–Trinajstić information content (AvgIpc) is 2.81. The third-order valence-electron chi connectivity index (χ3n) is 4.24. The number of carboxylic acid groups (broad SMARTS) is 1. The fourth-order valence-corrected chi connectivity index (χ4v) is 2.58. The van der Waals surface area contributed by atoms with E-state index in [0.29, 0.717) is 17.5 Å². The minimum atomic E-state index is -1.10. The average molecular weight is 332 g/mol. The van der Waals surface area contributed by atoms with Crippen LogP contribution >= 0.6 is 0 Å². The Morgan fingerprint density at radius 1 is 1.17 bits per heavy atom. The largest absolute Gasteiger partial charge is 0.480 e. The zero-order valence-electron chi connectivity index (χ0n) is 13.6. The van der Waals surface area contributed by atoms with Crippen molar-refractivity contribution >= 4 is 23.7 Å². The van der Waals surface area contributed by atoms with Crippen LogP contribution in [0.25, 0.3) is 0 Å². The number of carbonyl (C=O) groups excluding carboxylic acids is 3. The summed E-state index contributed by atoms with van der Waals surface area (Å²) >= 11 is 0. The zero-order valence-corrected chi connectivity index (χ0v) is 13.6. The van der Waals surface area contributed by atoms with Gasteiger partial charge in [0.1, 0.15) is 6.04 Å². The summed E-state index contributed by atoms with van der Waals surface area (Å²) in [5.41, 5.74) is 0.650.